The molecule has 0 radical (unpaired) electrons. The highest BCUT2D eigenvalue weighted by Crippen LogP contribution is 2.24. The molecular formula is C15H19FN2O3. The van der Waals surface area contributed by atoms with E-state index in [0.717, 1.165) is 18.9 Å². The lowest BCUT2D eigenvalue weighted by Crippen LogP contribution is -2.47. The molecule has 1 aromatic rings. The van der Waals surface area contributed by atoms with Crippen LogP contribution in [0.1, 0.15) is 37.0 Å². The van der Waals surface area contributed by atoms with Crippen molar-refractivity contribution >= 4 is 17.7 Å². The Morgan fingerprint density at radius 2 is 2.05 bits per heavy atom. The molecule has 2 atom stereocenters. The van der Waals surface area contributed by atoms with Crippen LogP contribution in [0.2, 0.25) is 0 Å². The molecule has 0 aliphatic carbocycles. The van der Waals surface area contributed by atoms with Crippen molar-refractivity contribution in [3.8, 4) is 0 Å². The number of carboxylic acid groups (broad SMARTS) is 1. The van der Waals surface area contributed by atoms with Crippen molar-refractivity contribution in [2.45, 2.75) is 32.7 Å². The number of hydrogen-bond acceptors (Lipinski definition) is 2. The van der Waals surface area contributed by atoms with Gasteiger partial charge in [-0.1, -0.05) is 13.0 Å². The van der Waals surface area contributed by atoms with E-state index >= 15 is 0 Å². The Labute approximate surface area is 122 Å². The van der Waals surface area contributed by atoms with E-state index in [2.05, 4.69) is 12.2 Å². The van der Waals surface area contributed by atoms with Gasteiger partial charge in [0.2, 0.25) is 0 Å². The maximum Gasteiger partial charge on any atom is 0.340 e. The van der Waals surface area contributed by atoms with Crippen molar-refractivity contribution < 1.29 is 19.1 Å². The van der Waals surface area contributed by atoms with Gasteiger partial charge in [-0.2, -0.15) is 0 Å². The lowest BCUT2D eigenvalue weighted by atomic mass is 9.95. The molecule has 6 heteroatoms. The molecule has 5 nitrogen and oxygen atoms in total. The lowest BCUT2D eigenvalue weighted by Gasteiger charge is -2.36. The summed E-state index contributed by atoms with van der Waals surface area (Å²) in [5.41, 5.74) is -0.526. The summed E-state index contributed by atoms with van der Waals surface area (Å²) >= 11 is 0. The van der Waals surface area contributed by atoms with Crippen LogP contribution in [0.15, 0.2) is 18.2 Å². The molecule has 0 saturated carbocycles. The summed E-state index contributed by atoms with van der Waals surface area (Å²) in [5, 5.41) is 11.6. The smallest absolute Gasteiger partial charge is 0.340 e. The zero-order valence-corrected chi connectivity index (χ0v) is 12.1. The number of carboxylic acids is 1. The zero-order chi connectivity index (χ0) is 15.6. The fourth-order valence-electron chi connectivity index (χ4n) is 2.60. The normalized spacial score (nSPS) is 22.0. The van der Waals surface area contributed by atoms with Gasteiger partial charge in [-0.15, -0.1) is 0 Å². The minimum absolute atomic E-state index is 0.0158. The Morgan fingerprint density at radius 1 is 1.33 bits per heavy atom. The number of likely N-dealkylation sites (tertiary alicyclic amines) is 1. The third kappa shape index (κ3) is 3.32. The van der Waals surface area contributed by atoms with E-state index in [1.165, 1.54) is 12.1 Å². The van der Waals surface area contributed by atoms with E-state index in [1.807, 2.05) is 6.92 Å². The Balaban J connectivity index is 2.20. The van der Waals surface area contributed by atoms with Crippen molar-refractivity contribution in [3.63, 3.8) is 0 Å². The molecule has 0 spiro atoms. The van der Waals surface area contributed by atoms with Gasteiger partial charge in [0.05, 0.1) is 5.69 Å². The number of piperidine rings is 1. The molecule has 2 unspecified atom stereocenters. The van der Waals surface area contributed by atoms with Gasteiger partial charge in [-0.3, -0.25) is 0 Å². The molecule has 1 fully saturated rings. The Kier molecular flexibility index (Phi) is 4.45. The number of rotatable bonds is 2. The summed E-state index contributed by atoms with van der Waals surface area (Å²) in [5.74, 6) is -1.86. The second-order valence-electron chi connectivity index (χ2n) is 5.58. The number of aromatic carboxylic acids is 1. The predicted octanol–water partition coefficient (Wildman–Crippen LogP) is 3.18. The number of nitrogens with one attached hydrogen (secondary N) is 1. The van der Waals surface area contributed by atoms with Crippen molar-refractivity contribution in [2.24, 2.45) is 5.92 Å². The Bertz CT molecular complexity index is 562. The number of hydrogen-bond donors (Lipinski definition) is 2. The van der Waals surface area contributed by atoms with Gasteiger partial charge in [0, 0.05) is 12.6 Å². The van der Waals surface area contributed by atoms with Crippen LogP contribution in [-0.4, -0.2) is 34.6 Å². The number of anilines is 1. The Hall–Kier alpha value is -2.11. The van der Waals surface area contributed by atoms with Crippen LogP contribution in [0, 0.1) is 11.7 Å². The SMILES string of the molecule is CC1CCC(C)N(C(=O)Nc2cccc(F)c2C(=O)O)C1. The standard InChI is InChI=1S/C15H19FN2O3/c1-9-6-7-10(2)18(8-9)15(21)17-12-5-3-4-11(16)13(12)14(19)20/h3-5,9-10H,6-8H2,1-2H3,(H,17,21)(H,19,20). The summed E-state index contributed by atoms with van der Waals surface area (Å²) in [6.45, 7) is 4.64. The minimum Gasteiger partial charge on any atom is -0.478 e. The first-order valence-electron chi connectivity index (χ1n) is 6.99. The fourth-order valence-corrected chi connectivity index (χ4v) is 2.60. The van der Waals surface area contributed by atoms with Gasteiger partial charge in [-0.05, 0) is 37.8 Å². The molecule has 1 saturated heterocycles. The summed E-state index contributed by atoms with van der Waals surface area (Å²) in [6.07, 6.45) is 1.97. The highest BCUT2D eigenvalue weighted by atomic mass is 19.1. The van der Waals surface area contributed by atoms with Crippen LogP contribution in [0.25, 0.3) is 0 Å². The maximum absolute atomic E-state index is 13.6. The topological polar surface area (TPSA) is 69.6 Å². The molecule has 1 heterocycles. The lowest BCUT2D eigenvalue weighted by molar-refractivity contribution is 0.0693. The van der Waals surface area contributed by atoms with Crippen LogP contribution in [0.3, 0.4) is 0 Å². The first-order chi connectivity index (χ1) is 9.90. The second-order valence-corrected chi connectivity index (χ2v) is 5.58. The molecule has 1 aliphatic rings. The quantitative estimate of drug-likeness (QED) is 0.880. The maximum atomic E-state index is 13.6. The number of amides is 2. The molecule has 0 aromatic heterocycles. The van der Waals surface area contributed by atoms with E-state index in [9.17, 15) is 14.0 Å². The minimum atomic E-state index is -1.40. The fraction of sp³-hybridized carbons (Fsp3) is 0.467. The van der Waals surface area contributed by atoms with E-state index in [0.29, 0.717) is 12.5 Å². The molecule has 21 heavy (non-hydrogen) atoms. The van der Waals surface area contributed by atoms with Crippen molar-refractivity contribution in [3.05, 3.63) is 29.6 Å². The Morgan fingerprint density at radius 3 is 2.71 bits per heavy atom. The number of carbonyl (C=O) groups excluding carboxylic acids is 1. The van der Waals surface area contributed by atoms with E-state index in [1.54, 1.807) is 4.90 Å². The van der Waals surface area contributed by atoms with Gasteiger partial charge in [-0.25, -0.2) is 14.0 Å². The van der Waals surface area contributed by atoms with E-state index in [-0.39, 0.29) is 17.8 Å². The van der Waals surface area contributed by atoms with Gasteiger partial charge in [0.15, 0.2) is 0 Å². The monoisotopic (exact) mass is 294 g/mol. The molecule has 114 valence electrons. The largest absolute Gasteiger partial charge is 0.478 e. The summed E-state index contributed by atoms with van der Waals surface area (Å²) in [6, 6.07) is 3.53. The van der Waals surface area contributed by atoms with Crippen molar-refractivity contribution in [1.82, 2.24) is 4.90 Å². The van der Waals surface area contributed by atoms with Crippen LogP contribution < -0.4 is 5.32 Å². The van der Waals surface area contributed by atoms with Gasteiger partial charge in [0.1, 0.15) is 11.4 Å². The van der Waals surface area contributed by atoms with Gasteiger partial charge < -0.3 is 15.3 Å². The molecular weight excluding hydrogens is 275 g/mol. The van der Waals surface area contributed by atoms with E-state index in [4.69, 9.17) is 5.11 Å². The third-order valence-corrected chi connectivity index (χ3v) is 3.85. The van der Waals surface area contributed by atoms with Crippen LogP contribution >= 0.6 is 0 Å². The van der Waals surface area contributed by atoms with Crippen LogP contribution in [0.5, 0.6) is 0 Å². The number of nitrogens with zero attached hydrogens (tertiary/aromatic N) is 1. The molecule has 0 bridgehead atoms. The molecule has 2 rings (SSSR count). The van der Waals surface area contributed by atoms with E-state index < -0.39 is 17.3 Å². The first kappa shape index (κ1) is 15.3. The summed E-state index contributed by atoms with van der Waals surface area (Å²) in [4.78, 5) is 25.1. The highest BCUT2D eigenvalue weighted by Gasteiger charge is 2.28. The van der Waals surface area contributed by atoms with Crippen molar-refractivity contribution in [2.75, 3.05) is 11.9 Å². The van der Waals surface area contributed by atoms with Crippen molar-refractivity contribution in [1.29, 1.82) is 0 Å². The number of benzene rings is 1. The van der Waals surface area contributed by atoms with Crippen LogP contribution in [0.4, 0.5) is 14.9 Å². The second kappa shape index (κ2) is 6.11. The number of urea groups is 1. The van der Waals surface area contributed by atoms with Gasteiger partial charge in [0.25, 0.3) is 0 Å². The number of halogens is 1. The van der Waals surface area contributed by atoms with Crippen LogP contribution in [-0.2, 0) is 0 Å². The average Bonchev–Trinajstić information content (AvgIpc) is 2.41. The average molecular weight is 294 g/mol. The zero-order valence-electron chi connectivity index (χ0n) is 12.1. The predicted molar refractivity (Wildman–Crippen MR) is 76.9 cm³/mol. The number of carbonyl (C=O) groups is 2. The third-order valence-electron chi connectivity index (χ3n) is 3.85. The molecule has 2 N–H and O–H groups in total. The highest BCUT2D eigenvalue weighted by molar-refractivity contribution is 6.00. The van der Waals surface area contributed by atoms with Gasteiger partial charge >= 0.3 is 12.0 Å². The summed E-state index contributed by atoms with van der Waals surface area (Å²) in [7, 11) is 0. The molecule has 1 aromatic carbocycles. The summed E-state index contributed by atoms with van der Waals surface area (Å²) < 4.78 is 13.6. The first-order valence-corrected chi connectivity index (χ1v) is 6.99. The molecule has 2 amide bonds. The molecule has 1 aliphatic heterocycles.